The van der Waals surface area contributed by atoms with Crippen molar-refractivity contribution in [1.82, 2.24) is 5.32 Å². The van der Waals surface area contributed by atoms with Gasteiger partial charge in [-0.15, -0.1) is 11.3 Å². The van der Waals surface area contributed by atoms with Crippen molar-refractivity contribution in [2.75, 3.05) is 6.54 Å². The van der Waals surface area contributed by atoms with Crippen molar-refractivity contribution in [3.63, 3.8) is 0 Å². The van der Waals surface area contributed by atoms with Crippen molar-refractivity contribution in [1.29, 1.82) is 0 Å². The highest BCUT2D eigenvalue weighted by molar-refractivity contribution is 7.93. The molecule has 0 aliphatic carbocycles. The van der Waals surface area contributed by atoms with Crippen molar-refractivity contribution in [3.8, 4) is 0 Å². The standard InChI is InChI=1S/C19H16FNO3S2/c20-16-10-8-14(9-11-16)17(26(23,24)18-7-4-12-25-18)13-21-19(22)15-5-2-1-3-6-15/h1-12,17H,13H2,(H,21,22). The van der Waals surface area contributed by atoms with E-state index in [0.29, 0.717) is 11.1 Å². The number of rotatable bonds is 6. The lowest BCUT2D eigenvalue weighted by Crippen LogP contribution is -2.31. The number of sulfone groups is 1. The molecule has 1 atom stereocenters. The number of amides is 1. The van der Waals surface area contributed by atoms with Crippen molar-refractivity contribution in [2.24, 2.45) is 0 Å². The number of hydrogen-bond acceptors (Lipinski definition) is 4. The van der Waals surface area contributed by atoms with Crippen LogP contribution < -0.4 is 5.32 Å². The summed E-state index contributed by atoms with van der Waals surface area (Å²) >= 11 is 1.11. The molecule has 134 valence electrons. The summed E-state index contributed by atoms with van der Waals surface area (Å²) in [6.45, 7) is -0.112. The summed E-state index contributed by atoms with van der Waals surface area (Å²) in [6, 6.07) is 17.0. The number of hydrogen-bond donors (Lipinski definition) is 1. The zero-order valence-electron chi connectivity index (χ0n) is 13.6. The Labute approximate surface area is 155 Å². The first-order valence-electron chi connectivity index (χ1n) is 7.84. The van der Waals surface area contributed by atoms with E-state index < -0.39 is 20.9 Å². The van der Waals surface area contributed by atoms with E-state index in [1.165, 1.54) is 30.3 Å². The van der Waals surface area contributed by atoms with Gasteiger partial charge in [0.2, 0.25) is 0 Å². The average Bonchev–Trinajstić information content (AvgIpc) is 3.19. The molecule has 3 aromatic rings. The summed E-state index contributed by atoms with van der Waals surface area (Å²) < 4.78 is 39.4. The quantitative estimate of drug-likeness (QED) is 0.697. The molecule has 0 aliphatic heterocycles. The van der Waals surface area contributed by atoms with Crippen LogP contribution in [0.5, 0.6) is 0 Å². The molecule has 1 unspecified atom stereocenters. The molecule has 0 saturated heterocycles. The van der Waals surface area contributed by atoms with Crippen LogP contribution in [0.2, 0.25) is 0 Å². The van der Waals surface area contributed by atoms with Crippen LogP contribution in [-0.2, 0) is 9.84 Å². The number of carbonyl (C=O) groups excluding carboxylic acids is 1. The largest absolute Gasteiger partial charge is 0.350 e. The number of nitrogens with one attached hydrogen (secondary N) is 1. The van der Waals surface area contributed by atoms with Crippen molar-refractivity contribution in [3.05, 3.63) is 89.1 Å². The molecule has 0 spiro atoms. The van der Waals surface area contributed by atoms with Gasteiger partial charge in [0.25, 0.3) is 5.91 Å². The Bertz CT molecular complexity index is 969. The van der Waals surface area contributed by atoms with Crippen LogP contribution in [0.1, 0.15) is 21.2 Å². The number of thiophene rings is 1. The molecule has 7 heteroatoms. The maximum absolute atomic E-state index is 13.2. The number of carbonyl (C=O) groups is 1. The second-order valence-corrected chi connectivity index (χ2v) is 8.90. The fraction of sp³-hybridized carbons (Fsp3) is 0.105. The van der Waals surface area contributed by atoms with E-state index in [9.17, 15) is 17.6 Å². The second kappa shape index (κ2) is 7.80. The molecule has 0 saturated carbocycles. The van der Waals surface area contributed by atoms with Crippen molar-refractivity contribution in [2.45, 2.75) is 9.46 Å². The second-order valence-electron chi connectivity index (χ2n) is 5.59. The first kappa shape index (κ1) is 18.3. The summed E-state index contributed by atoms with van der Waals surface area (Å²) in [7, 11) is -3.72. The third kappa shape index (κ3) is 4.00. The Balaban J connectivity index is 1.89. The molecule has 26 heavy (non-hydrogen) atoms. The van der Waals surface area contributed by atoms with Crippen LogP contribution in [0.25, 0.3) is 0 Å². The van der Waals surface area contributed by atoms with E-state index in [1.807, 2.05) is 0 Å². The number of halogens is 1. The van der Waals surface area contributed by atoms with Crippen molar-refractivity contribution >= 4 is 27.1 Å². The average molecular weight is 389 g/mol. The maximum atomic E-state index is 13.2. The Morgan fingerprint density at radius 3 is 2.31 bits per heavy atom. The van der Waals surface area contributed by atoms with Crippen LogP contribution in [0.3, 0.4) is 0 Å². The third-order valence-corrected chi connectivity index (χ3v) is 7.41. The van der Waals surface area contributed by atoms with Crippen LogP contribution in [0.4, 0.5) is 4.39 Å². The Morgan fingerprint density at radius 2 is 1.69 bits per heavy atom. The van der Waals surface area contributed by atoms with Gasteiger partial charge in [0.1, 0.15) is 15.3 Å². The minimum Gasteiger partial charge on any atom is -0.350 e. The molecule has 0 bridgehead atoms. The molecule has 1 heterocycles. The van der Waals surface area contributed by atoms with E-state index in [1.54, 1.807) is 41.8 Å². The highest BCUT2D eigenvalue weighted by Gasteiger charge is 2.30. The molecule has 3 rings (SSSR count). The smallest absolute Gasteiger partial charge is 0.251 e. The van der Waals surface area contributed by atoms with Gasteiger partial charge < -0.3 is 5.32 Å². The molecular weight excluding hydrogens is 373 g/mol. The van der Waals surface area contributed by atoms with E-state index in [4.69, 9.17) is 0 Å². The minimum absolute atomic E-state index is 0.112. The summed E-state index contributed by atoms with van der Waals surface area (Å²) in [5, 5.41) is 3.35. The first-order chi connectivity index (χ1) is 12.5. The van der Waals surface area contributed by atoms with Gasteiger partial charge in [-0.2, -0.15) is 0 Å². The van der Waals surface area contributed by atoms with Gasteiger partial charge in [0, 0.05) is 12.1 Å². The van der Waals surface area contributed by atoms with Crippen LogP contribution >= 0.6 is 11.3 Å². The SMILES string of the molecule is O=C(NCC(c1ccc(F)cc1)S(=O)(=O)c1cccs1)c1ccccc1. The zero-order valence-corrected chi connectivity index (χ0v) is 15.3. The molecular formula is C19H16FNO3S2. The predicted octanol–water partition coefficient (Wildman–Crippen LogP) is 3.83. The zero-order chi connectivity index (χ0) is 18.6. The maximum Gasteiger partial charge on any atom is 0.251 e. The predicted molar refractivity (Wildman–Crippen MR) is 99.4 cm³/mol. The Hall–Kier alpha value is -2.51. The van der Waals surface area contributed by atoms with Crippen LogP contribution in [0.15, 0.2) is 76.3 Å². The Morgan fingerprint density at radius 1 is 1.00 bits per heavy atom. The van der Waals surface area contributed by atoms with E-state index in [0.717, 1.165) is 11.3 Å². The van der Waals surface area contributed by atoms with Crippen LogP contribution in [-0.4, -0.2) is 20.9 Å². The lowest BCUT2D eigenvalue weighted by Gasteiger charge is -2.18. The molecule has 4 nitrogen and oxygen atoms in total. The number of benzene rings is 2. The fourth-order valence-electron chi connectivity index (χ4n) is 2.53. The minimum atomic E-state index is -3.72. The van der Waals surface area contributed by atoms with Gasteiger partial charge in [0.15, 0.2) is 9.84 Å². The molecule has 0 radical (unpaired) electrons. The monoisotopic (exact) mass is 389 g/mol. The summed E-state index contributed by atoms with van der Waals surface area (Å²) in [5.74, 6) is -0.812. The van der Waals surface area contributed by atoms with E-state index in [2.05, 4.69) is 5.32 Å². The van der Waals surface area contributed by atoms with Gasteiger partial charge in [-0.1, -0.05) is 36.4 Å². The molecule has 1 N–H and O–H groups in total. The lowest BCUT2D eigenvalue weighted by atomic mass is 10.1. The highest BCUT2D eigenvalue weighted by Crippen LogP contribution is 2.31. The third-order valence-electron chi connectivity index (χ3n) is 3.88. The highest BCUT2D eigenvalue weighted by atomic mass is 32.2. The van der Waals surface area contributed by atoms with Gasteiger partial charge >= 0.3 is 0 Å². The first-order valence-corrected chi connectivity index (χ1v) is 10.3. The van der Waals surface area contributed by atoms with Gasteiger partial charge in [-0.25, -0.2) is 12.8 Å². The topological polar surface area (TPSA) is 63.2 Å². The summed E-state index contributed by atoms with van der Waals surface area (Å²) in [5.41, 5.74) is 0.868. The Kier molecular flexibility index (Phi) is 5.49. The van der Waals surface area contributed by atoms with Gasteiger partial charge in [0.05, 0.1) is 0 Å². The molecule has 1 aromatic heterocycles. The molecule has 1 amide bonds. The van der Waals surface area contributed by atoms with Gasteiger partial charge in [-0.05, 0) is 41.3 Å². The molecule has 0 aliphatic rings. The normalized spacial score (nSPS) is 12.5. The van der Waals surface area contributed by atoms with Crippen molar-refractivity contribution < 1.29 is 17.6 Å². The summed E-state index contributed by atoms with van der Waals surface area (Å²) in [6.07, 6.45) is 0. The molecule has 2 aromatic carbocycles. The lowest BCUT2D eigenvalue weighted by molar-refractivity contribution is 0.0953. The van der Waals surface area contributed by atoms with Gasteiger partial charge in [-0.3, -0.25) is 4.79 Å². The summed E-state index contributed by atoms with van der Waals surface area (Å²) in [4.78, 5) is 12.3. The van der Waals surface area contributed by atoms with E-state index in [-0.39, 0.29) is 16.7 Å². The van der Waals surface area contributed by atoms with E-state index >= 15 is 0 Å². The molecule has 0 fully saturated rings. The van der Waals surface area contributed by atoms with Crippen LogP contribution in [0, 0.1) is 5.82 Å². The fourth-order valence-corrected chi connectivity index (χ4v) is 5.39.